The van der Waals surface area contributed by atoms with Crippen molar-refractivity contribution in [1.29, 1.82) is 0 Å². The third-order valence-electron chi connectivity index (χ3n) is 7.20. The fourth-order valence-electron chi connectivity index (χ4n) is 5.94. The van der Waals surface area contributed by atoms with Crippen LogP contribution in [0, 0.1) is 0 Å². The molecule has 2 aliphatic rings. The predicted molar refractivity (Wildman–Crippen MR) is 131 cm³/mol. The van der Waals surface area contributed by atoms with Crippen molar-refractivity contribution in [3.8, 4) is 0 Å². The van der Waals surface area contributed by atoms with E-state index in [1.807, 2.05) is 0 Å². The Morgan fingerprint density at radius 3 is 1.50 bits per heavy atom. The molecule has 0 aliphatic heterocycles. The van der Waals surface area contributed by atoms with Gasteiger partial charge in [-0.25, -0.2) is 0 Å². The first-order valence-corrected chi connectivity index (χ1v) is 22.1. The van der Waals surface area contributed by atoms with Gasteiger partial charge in [-0.15, -0.1) is 0 Å². The fraction of sp³-hybridized carbons (Fsp3) is 0.143. The third-order valence-corrected chi connectivity index (χ3v) is 22.3. The summed E-state index contributed by atoms with van der Waals surface area (Å²) >= 11 is -1.77. The summed E-state index contributed by atoms with van der Waals surface area (Å²) in [5.41, 5.74) is 9.49. The minimum absolute atomic E-state index is 0.726. The van der Waals surface area contributed by atoms with Gasteiger partial charge in [-0.05, 0) is 0 Å². The molecule has 0 heterocycles. The molecule has 0 radical (unpaired) electrons. The van der Waals surface area contributed by atoms with Crippen LogP contribution in [0.3, 0.4) is 0 Å². The summed E-state index contributed by atoms with van der Waals surface area (Å²) in [5, 5.41) is 5.60. The van der Waals surface area contributed by atoms with E-state index in [2.05, 4.69) is 98.8 Å². The molecule has 0 bridgehead atoms. The molecule has 0 amide bonds. The van der Waals surface area contributed by atoms with Gasteiger partial charge in [0.15, 0.2) is 0 Å². The van der Waals surface area contributed by atoms with Crippen LogP contribution in [0.15, 0.2) is 83.9 Å². The van der Waals surface area contributed by atoms with Crippen LogP contribution in [0.2, 0.25) is 0 Å². The molecular formula is C28H25SiZr. The van der Waals surface area contributed by atoms with Gasteiger partial charge in [0.1, 0.15) is 0 Å². The molecule has 4 aromatic rings. The zero-order chi connectivity index (χ0) is 20.4. The number of allylic oxidation sites excluding steroid dienone is 2. The number of rotatable bonds is 2. The van der Waals surface area contributed by atoms with E-state index in [-0.39, 0.29) is 0 Å². The summed E-state index contributed by atoms with van der Waals surface area (Å²) in [7, 11) is 1.36. The zero-order valence-electron chi connectivity index (χ0n) is 17.7. The Kier molecular flexibility index (Phi) is 4.37. The molecule has 0 aromatic heterocycles. The number of hydrogen-bond donors (Lipinski definition) is 0. The van der Waals surface area contributed by atoms with Gasteiger partial charge in [-0.2, -0.15) is 0 Å². The molecule has 0 nitrogen and oxygen atoms in total. The van der Waals surface area contributed by atoms with Gasteiger partial charge in [0, 0.05) is 0 Å². The van der Waals surface area contributed by atoms with Crippen LogP contribution in [0.5, 0.6) is 0 Å². The Morgan fingerprint density at radius 1 is 0.600 bits per heavy atom. The van der Waals surface area contributed by atoms with Crippen LogP contribution in [0.1, 0.15) is 43.4 Å². The normalized spacial score (nSPS) is 19.7. The maximum atomic E-state index is 2.51. The van der Waals surface area contributed by atoms with Crippen molar-refractivity contribution in [1.82, 2.24) is 0 Å². The summed E-state index contributed by atoms with van der Waals surface area (Å²) in [6.07, 6.45) is 5.02. The second kappa shape index (κ2) is 7.01. The Hall–Kier alpha value is -2.02. The molecule has 145 valence electrons. The van der Waals surface area contributed by atoms with Gasteiger partial charge in [0.2, 0.25) is 0 Å². The summed E-state index contributed by atoms with van der Waals surface area (Å²) in [6.45, 7) is 4.79. The van der Waals surface area contributed by atoms with Crippen LogP contribution in [0.25, 0.3) is 33.7 Å². The number of benzene rings is 4. The van der Waals surface area contributed by atoms with Gasteiger partial charge < -0.3 is 0 Å². The van der Waals surface area contributed by atoms with Crippen molar-refractivity contribution in [3.63, 3.8) is 0 Å². The Bertz CT molecular complexity index is 1290. The van der Waals surface area contributed by atoms with E-state index in [1.165, 1.54) is 40.0 Å². The molecule has 2 atom stereocenters. The molecule has 4 aromatic carbocycles. The standard InChI is InChI=1S/2C14H11.H3Si.Zr/c2*1-10-8-12-7-6-11-4-2-3-5-13(11)14(12)9-10;;/h2*2-9H,1H3;1H3;. The van der Waals surface area contributed by atoms with E-state index in [1.54, 1.807) is 22.3 Å². The van der Waals surface area contributed by atoms with Gasteiger partial charge in [0.25, 0.3) is 0 Å². The predicted octanol–water partition coefficient (Wildman–Crippen LogP) is 6.51. The van der Waals surface area contributed by atoms with E-state index in [9.17, 15) is 0 Å². The molecular weight excluding hydrogens is 456 g/mol. The first-order chi connectivity index (χ1) is 14.6. The van der Waals surface area contributed by atoms with Gasteiger partial charge >= 0.3 is 189 Å². The molecule has 2 unspecified atom stereocenters. The minimum atomic E-state index is -1.77. The van der Waals surface area contributed by atoms with Crippen molar-refractivity contribution in [2.45, 2.75) is 21.1 Å². The Morgan fingerprint density at radius 2 is 1.03 bits per heavy atom. The maximum absolute atomic E-state index is 2.51. The van der Waals surface area contributed by atoms with E-state index in [4.69, 9.17) is 0 Å². The Labute approximate surface area is 188 Å². The van der Waals surface area contributed by atoms with E-state index in [0.717, 1.165) is 7.25 Å². The second-order valence-electron chi connectivity index (χ2n) is 8.97. The van der Waals surface area contributed by atoms with Crippen LogP contribution in [0.4, 0.5) is 0 Å². The van der Waals surface area contributed by atoms with Crippen molar-refractivity contribution in [2.75, 3.05) is 0 Å². The average molecular weight is 481 g/mol. The van der Waals surface area contributed by atoms with Crippen molar-refractivity contribution in [3.05, 3.63) is 106 Å². The van der Waals surface area contributed by atoms with Crippen LogP contribution < -0.4 is 0 Å². The summed E-state index contributed by atoms with van der Waals surface area (Å²) in [5.74, 6) is 0. The molecule has 2 aliphatic carbocycles. The van der Waals surface area contributed by atoms with Gasteiger partial charge in [-0.1, -0.05) is 0 Å². The van der Waals surface area contributed by atoms with Gasteiger partial charge in [0.05, 0.1) is 0 Å². The van der Waals surface area contributed by atoms with Gasteiger partial charge in [-0.3, -0.25) is 0 Å². The molecule has 0 spiro atoms. The van der Waals surface area contributed by atoms with E-state index < -0.39 is 20.9 Å². The zero-order valence-corrected chi connectivity index (χ0v) is 22.2. The van der Waals surface area contributed by atoms with Crippen molar-refractivity contribution >= 4 is 41.1 Å². The molecule has 0 fully saturated rings. The van der Waals surface area contributed by atoms with E-state index in [0.29, 0.717) is 0 Å². The quantitative estimate of drug-likeness (QED) is 0.287. The van der Waals surface area contributed by atoms with E-state index >= 15 is 0 Å². The SMILES string of the molecule is CC1=Cc2c(ccc3ccccc23)[CH]1[Zr]([SiH3])[CH]1C(C)=Cc2c1ccc1ccccc21. The van der Waals surface area contributed by atoms with Crippen LogP contribution in [-0.4, -0.2) is 7.37 Å². The van der Waals surface area contributed by atoms with Crippen molar-refractivity contribution < 1.29 is 20.9 Å². The number of fused-ring (bicyclic) bond motifs is 6. The van der Waals surface area contributed by atoms with Crippen molar-refractivity contribution in [2.24, 2.45) is 0 Å². The topological polar surface area (TPSA) is 0 Å². The monoisotopic (exact) mass is 479 g/mol. The average Bonchev–Trinajstić information content (AvgIpc) is 3.29. The molecule has 30 heavy (non-hydrogen) atoms. The fourth-order valence-corrected chi connectivity index (χ4v) is 23.4. The summed E-state index contributed by atoms with van der Waals surface area (Å²) in [6, 6.07) is 27.4. The van der Waals surface area contributed by atoms with Crippen LogP contribution >= 0.6 is 0 Å². The molecule has 0 saturated carbocycles. The second-order valence-corrected chi connectivity index (χ2v) is 22.3. The molecule has 2 heteroatoms. The first-order valence-electron chi connectivity index (χ1n) is 10.9. The Balaban J connectivity index is 1.48. The van der Waals surface area contributed by atoms with Crippen LogP contribution in [-0.2, 0) is 20.9 Å². The third kappa shape index (κ3) is 2.67. The molecule has 6 rings (SSSR count). The first kappa shape index (κ1) is 18.7. The summed E-state index contributed by atoms with van der Waals surface area (Å²) < 4.78 is 1.45. The molecule has 0 saturated heterocycles. The molecule has 0 N–H and O–H groups in total. The summed E-state index contributed by atoms with van der Waals surface area (Å²) in [4.78, 5) is 0. The number of hydrogen-bond acceptors (Lipinski definition) is 0.